The summed E-state index contributed by atoms with van der Waals surface area (Å²) in [6.45, 7) is 10.2. The Hall–Kier alpha value is -3.70. The summed E-state index contributed by atoms with van der Waals surface area (Å²) in [6, 6.07) is -0.257. The molecule has 1 aliphatic heterocycles. The van der Waals surface area contributed by atoms with Crippen molar-refractivity contribution in [3.63, 3.8) is 0 Å². The molecule has 3 aromatic heterocycles. The molecule has 12 heteroatoms. The molecule has 188 valence electrons. The zero-order chi connectivity index (χ0) is 25.3. The van der Waals surface area contributed by atoms with Gasteiger partial charge >= 0.3 is 6.09 Å². The minimum atomic E-state index is -0.548. The summed E-state index contributed by atoms with van der Waals surface area (Å²) < 4.78 is 10.2. The lowest BCUT2D eigenvalue weighted by molar-refractivity contribution is -0.135. The van der Waals surface area contributed by atoms with Gasteiger partial charge in [-0.1, -0.05) is 6.92 Å². The lowest BCUT2D eigenvalue weighted by Crippen LogP contribution is -2.50. The van der Waals surface area contributed by atoms with Crippen molar-refractivity contribution in [3.05, 3.63) is 18.0 Å². The predicted octanol–water partition coefficient (Wildman–Crippen LogP) is 3.29. The van der Waals surface area contributed by atoms with Gasteiger partial charge in [-0.05, 0) is 50.3 Å². The first-order chi connectivity index (χ1) is 16.6. The molecule has 4 heterocycles. The van der Waals surface area contributed by atoms with E-state index in [1.54, 1.807) is 24.2 Å². The average molecular weight is 485 g/mol. The van der Waals surface area contributed by atoms with Crippen LogP contribution in [-0.4, -0.2) is 71.8 Å². The first-order valence-electron chi connectivity index (χ1n) is 11.8. The van der Waals surface area contributed by atoms with Crippen LogP contribution in [0.3, 0.4) is 0 Å². The number of amides is 2. The van der Waals surface area contributed by atoms with Crippen molar-refractivity contribution >= 4 is 28.9 Å². The molecule has 3 N–H and O–H groups in total. The van der Waals surface area contributed by atoms with E-state index < -0.39 is 5.60 Å². The number of ether oxygens (including phenoxy) is 1. The standard InChI is InChI=1S/C23H32N8O4/c1-6-17(15-11-25-12-16-18(15)27-21(26-16)19-20(24)29-35-28-19)31(13(2)32)14-7-9-30(10-8-14)22(33)34-23(3,4)5/h11-12,14,17H,6-10H2,1-5H3,(H2,24,29)(H,26,27). The van der Waals surface area contributed by atoms with E-state index in [0.717, 1.165) is 11.1 Å². The second-order valence-corrected chi connectivity index (χ2v) is 9.76. The molecule has 1 atom stereocenters. The van der Waals surface area contributed by atoms with E-state index in [1.807, 2.05) is 32.6 Å². The summed E-state index contributed by atoms with van der Waals surface area (Å²) >= 11 is 0. The van der Waals surface area contributed by atoms with Crippen molar-refractivity contribution in [1.82, 2.24) is 35.1 Å². The zero-order valence-corrected chi connectivity index (χ0v) is 20.7. The number of nitrogens with two attached hydrogens (primary N) is 1. The van der Waals surface area contributed by atoms with Gasteiger partial charge in [0.05, 0.1) is 17.8 Å². The minimum Gasteiger partial charge on any atom is -0.444 e. The molecule has 2 amide bonds. The summed E-state index contributed by atoms with van der Waals surface area (Å²) in [4.78, 5) is 41.2. The van der Waals surface area contributed by atoms with E-state index in [0.29, 0.717) is 49.4 Å². The molecule has 0 bridgehead atoms. The number of H-pyrrole nitrogens is 1. The third kappa shape index (κ3) is 5.05. The number of fused-ring (bicyclic) bond motifs is 1. The molecule has 1 saturated heterocycles. The van der Waals surface area contributed by atoms with Crippen molar-refractivity contribution in [1.29, 1.82) is 0 Å². The molecule has 1 aliphatic rings. The van der Waals surface area contributed by atoms with Gasteiger partial charge in [-0.2, -0.15) is 0 Å². The molecule has 0 spiro atoms. The summed E-state index contributed by atoms with van der Waals surface area (Å²) in [5.41, 5.74) is 7.84. The number of hydrogen-bond acceptors (Lipinski definition) is 9. The number of nitrogens with one attached hydrogen (secondary N) is 1. The van der Waals surface area contributed by atoms with Crippen LogP contribution < -0.4 is 5.73 Å². The molecular formula is C23H32N8O4. The number of aromatic amines is 1. The summed E-state index contributed by atoms with van der Waals surface area (Å²) in [7, 11) is 0. The van der Waals surface area contributed by atoms with Crippen molar-refractivity contribution in [3.8, 4) is 11.5 Å². The topological polar surface area (TPSA) is 156 Å². The summed E-state index contributed by atoms with van der Waals surface area (Å²) in [5, 5.41) is 7.44. The van der Waals surface area contributed by atoms with Crippen LogP contribution in [0.1, 0.15) is 65.5 Å². The lowest BCUT2D eigenvalue weighted by atomic mass is 9.96. The SMILES string of the molecule is CCC(c1cncc2nc(-c3nonc3N)[nH]c12)N(C(C)=O)C1CCN(C(=O)OC(C)(C)C)CC1. The van der Waals surface area contributed by atoms with Gasteiger partial charge in [0.2, 0.25) is 5.91 Å². The third-order valence-electron chi connectivity index (χ3n) is 6.12. The van der Waals surface area contributed by atoms with Crippen LogP contribution >= 0.6 is 0 Å². The second kappa shape index (κ2) is 9.51. The van der Waals surface area contributed by atoms with E-state index in [2.05, 4.69) is 25.3 Å². The van der Waals surface area contributed by atoms with E-state index in [1.165, 1.54) is 0 Å². The molecular weight excluding hydrogens is 452 g/mol. The number of nitrogen functional groups attached to an aromatic ring is 1. The normalized spacial score (nSPS) is 15.9. The van der Waals surface area contributed by atoms with Crippen LogP contribution in [0.25, 0.3) is 22.6 Å². The number of piperidine rings is 1. The van der Waals surface area contributed by atoms with Gasteiger partial charge in [-0.3, -0.25) is 9.78 Å². The number of imidazole rings is 1. The number of rotatable bonds is 5. The molecule has 0 radical (unpaired) electrons. The molecule has 0 saturated carbocycles. The predicted molar refractivity (Wildman–Crippen MR) is 128 cm³/mol. The number of pyridine rings is 1. The van der Waals surface area contributed by atoms with Crippen molar-refractivity contribution < 1.29 is 19.0 Å². The molecule has 1 fully saturated rings. The lowest BCUT2D eigenvalue weighted by Gasteiger charge is -2.42. The van der Waals surface area contributed by atoms with Crippen molar-refractivity contribution in [2.45, 2.75) is 71.6 Å². The van der Waals surface area contributed by atoms with Crippen LogP contribution in [0.2, 0.25) is 0 Å². The Kier molecular flexibility index (Phi) is 6.64. The largest absolute Gasteiger partial charge is 0.444 e. The summed E-state index contributed by atoms with van der Waals surface area (Å²) in [5.74, 6) is 0.518. The van der Waals surface area contributed by atoms with Gasteiger partial charge in [-0.15, -0.1) is 0 Å². The number of aromatic nitrogens is 5. The Bertz CT molecular complexity index is 1210. The Morgan fingerprint density at radius 3 is 2.57 bits per heavy atom. The Labute approximate surface area is 203 Å². The van der Waals surface area contributed by atoms with Gasteiger partial charge in [0.25, 0.3) is 0 Å². The Morgan fingerprint density at radius 2 is 2.00 bits per heavy atom. The molecule has 0 aromatic carbocycles. The fourth-order valence-corrected chi connectivity index (χ4v) is 4.63. The van der Waals surface area contributed by atoms with E-state index in [9.17, 15) is 9.59 Å². The first-order valence-corrected chi connectivity index (χ1v) is 11.8. The average Bonchev–Trinajstić information content (AvgIpc) is 3.41. The maximum absolute atomic E-state index is 12.9. The molecule has 0 aliphatic carbocycles. The monoisotopic (exact) mass is 484 g/mol. The Balaban J connectivity index is 1.59. The summed E-state index contributed by atoms with van der Waals surface area (Å²) in [6.07, 6.45) is 5.08. The maximum atomic E-state index is 12.9. The fourth-order valence-electron chi connectivity index (χ4n) is 4.63. The van der Waals surface area contributed by atoms with Gasteiger partial charge in [0.15, 0.2) is 17.3 Å². The number of nitrogens with zero attached hydrogens (tertiary/aromatic N) is 6. The van der Waals surface area contributed by atoms with Crippen LogP contribution in [-0.2, 0) is 9.53 Å². The van der Waals surface area contributed by atoms with E-state index in [4.69, 9.17) is 15.1 Å². The fraction of sp³-hybridized carbons (Fsp3) is 0.565. The van der Waals surface area contributed by atoms with Crippen LogP contribution in [0.4, 0.5) is 10.6 Å². The molecule has 35 heavy (non-hydrogen) atoms. The zero-order valence-electron chi connectivity index (χ0n) is 20.7. The van der Waals surface area contributed by atoms with Crippen molar-refractivity contribution in [2.24, 2.45) is 0 Å². The molecule has 1 unspecified atom stereocenters. The number of hydrogen-bond donors (Lipinski definition) is 2. The highest BCUT2D eigenvalue weighted by Gasteiger charge is 2.35. The molecule has 12 nitrogen and oxygen atoms in total. The quantitative estimate of drug-likeness (QED) is 0.554. The smallest absolute Gasteiger partial charge is 0.410 e. The molecule has 3 aromatic rings. The first kappa shape index (κ1) is 24.4. The minimum absolute atomic E-state index is 0.0239. The van der Waals surface area contributed by atoms with Crippen LogP contribution in [0.5, 0.6) is 0 Å². The van der Waals surface area contributed by atoms with Crippen LogP contribution in [0.15, 0.2) is 17.0 Å². The van der Waals surface area contributed by atoms with Gasteiger partial charge < -0.3 is 25.3 Å². The molecule has 4 rings (SSSR count). The second-order valence-electron chi connectivity index (χ2n) is 9.76. The number of carbonyl (C=O) groups excluding carboxylic acids is 2. The Morgan fingerprint density at radius 1 is 1.29 bits per heavy atom. The number of carbonyl (C=O) groups is 2. The van der Waals surface area contributed by atoms with Crippen LogP contribution in [0, 0.1) is 0 Å². The highest BCUT2D eigenvalue weighted by atomic mass is 16.6. The highest BCUT2D eigenvalue weighted by Crippen LogP contribution is 2.34. The number of likely N-dealkylation sites (tertiary alicyclic amines) is 1. The highest BCUT2D eigenvalue weighted by molar-refractivity contribution is 5.83. The maximum Gasteiger partial charge on any atom is 0.410 e. The third-order valence-corrected chi connectivity index (χ3v) is 6.12. The van der Waals surface area contributed by atoms with E-state index >= 15 is 0 Å². The van der Waals surface area contributed by atoms with Gasteiger partial charge in [0.1, 0.15) is 11.1 Å². The van der Waals surface area contributed by atoms with Crippen molar-refractivity contribution in [2.75, 3.05) is 18.8 Å². The van der Waals surface area contributed by atoms with Gasteiger partial charge in [0, 0.05) is 37.8 Å². The van der Waals surface area contributed by atoms with Gasteiger partial charge in [-0.25, -0.2) is 14.4 Å². The van der Waals surface area contributed by atoms with E-state index in [-0.39, 0.29) is 29.9 Å². The number of anilines is 1.